The van der Waals surface area contributed by atoms with E-state index in [-0.39, 0.29) is 24.0 Å². The van der Waals surface area contributed by atoms with Crippen LogP contribution >= 0.6 is 24.0 Å². The molecule has 0 heterocycles. The maximum absolute atomic E-state index is 5.39. The fraction of sp³-hybridized carbons (Fsp3) is 0.350. The highest BCUT2D eigenvalue weighted by atomic mass is 127. The predicted molar refractivity (Wildman–Crippen MR) is 116 cm³/mol. The van der Waals surface area contributed by atoms with Gasteiger partial charge in [-0.25, -0.2) is 0 Å². The van der Waals surface area contributed by atoms with E-state index in [1.54, 1.807) is 14.2 Å². The van der Waals surface area contributed by atoms with Crippen molar-refractivity contribution in [3.63, 3.8) is 0 Å². The molecule has 4 nitrogen and oxygen atoms in total. The molecule has 25 heavy (non-hydrogen) atoms. The van der Waals surface area contributed by atoms with Crippen LogP contribution in [0.3, 0.4) is 0 Å². The second-order valence-corrected chi connectivity index (χ2v) is 5.54. The lowest BCUT2D eigenvalue weighted by Crippen LogP contribution is -2.38. The van der Waals surface area contributed by atoms with Crippen molar-refractivity contribution in [1.82, 2.24) is 10.6 Å². The third kappa shape index (κ3) is 6.57. The van der Waals surface area contributed by atoms with Gasteiger partial charge in [0.1, 0.15) is 5.75 Å². The summed E-state index contributed by atoms with van der Waals surface area (Å²) >= 11 is 0. The minimum atomic E-state index is 0. The number of para-hydroxylation sites is 1. The first-order chi connectivity index (χ1) is 11.8. The molecule has 0 aromatic heterocycles. The van der Waals surface area contributed by atoms with Gasteiger partial charge < -0.3 is 15.4 Å². The molecule has 0 amide bonds. The lowest BCUT2D eigenvalue weighted by molar-refractivity contribution is 0.409. The lowest BCUT2D eigenvalue weighted by Gasteiger charge is -2.14. The summed E-state index contributed by atoms with van der Waals surface area (Å²) in [6, 6.07) is 16.6. The molecular formula is C20H28IN3O. The minimum Gasteiger partial charge on any atom is -0.496 e. The van der Waals surface area contributed by atoms with E-state index in [0.29, 0.717) is 0 Å². The molecule has 5 heteroatoms. The van der Waals surface area contributed by atoms with Crippen LogP contribution in [-0.2, 0) is 19.4 Å². The fourth-order valence-corrected chi connectivity index (χ4v) is 2.70. The predicted octanol–water partition coefficient (Wildman–Crippen LogP) is 3.78. The maximum atomic E-state index is 5.39. The average Bonchev–Trinajstić information content (AvgIpc) is 2.65. The first-order valence-corrected chi connectivity index (χ1v) is 8.41. The van der Waals surface area contributed by atoms with Gasteiger partial charge in [0.2, 0.25) is 0 Å². The van der Waals surface area contributed by atoms with E-state index >= 15 is 0 Å². The van der Waals surface area contributed by atoms with Gasteiger partial charge in [0.05, 0.1) is 7.11 Å². The van der Waals surface area contributed by atoms with Crippen molar-refractivity contribution in [3.05, 3.63) is 65.2 Å². The number of ether oxygens (including phenoxy) is 1. The SMILES string of the molecule is CCc1ccccc1CNC(=NC)NCCc1ccccc1OC.I. The van der Waals surface area contributed by atoms with Gasteiger partial charge in [-0.05, 0) is 35.6 Å². The van der Waals surface area contributed by atoms with E-state index in [9.17, 15) is 0 Å². The summed E-state index contributed by atoms with van der Waals surface area (Å²) in [5, 5.41) is 6.74. The van der Waals surface area contributed by atoms with Gasteiger partial charge >= 0.3 is 0 Å². The molecule has 0 fully saturated rings. The molecule has 0 atom stereocenters. The number of hydrogen-bond acceptors (Lipinski definition) is 2. The van der Waals surface area contributed by atoms with E-state index in [1.807, 2.05) is 18.2 Å². The van der Waals surface area contributed by atoms with Gasteiger partial charge in [-0.1, -0.05) is 49.4 Å². The summed E-state index contributed by atoms with van der Waals surface area (Å²) in [4.78, 5) is 4.30. The summed E-state index contributed by atoms with van der Waals surface area (Å²) in [7, 11) is 3.50. The highest BCUT2D eigenvalue weighted by Gasteiger charge is 2.04. The van der Waals surface area contributed by atoms with Crippen LogP contribution in [0, 0.1) is 0 Å². The second-order valence-electron chi connectivity index (χ2n) is 5.54. The van der Waals surface area contributed by atoms with Gasteiger partial charge in [-0.15, -0.1) is 24.0 Å². The van der Waals surface area contributed by atoms with Crippen LogP contribution in [-0.4, -0.2) is 26.7 Å². The van der Waals surface area contributed by atoms with E-state index in [0.717, 1.165) is 37.6 Å². The van der Waals surface area contributed by atoms with Crippen molar-refractivity contribution < 1.29 is 4.74 Å². The Morgan fingerprint density at radius 1 is 0.960 bits per heavy atom. The van der Waals surface area contributed by atoms with Crippen molar-refractivity contribution in [1.29, 1.82) is 0 Å². The summed E-state index contributed by atoms with van der Waals surface area (Å²) in [5.41, 5.74) is 3.88. The van der Waals surface area contributed by atoms with Crippen molar-refractivity contribution in [2.75, 3.05) is 20.7 Å². The Morgan fingerprint density at radius 2 is 1.60 bits per heavy atom. The number of aliphatic imine (C=N–C) groups is 1. The average molecular weight is 453 g/mol. The minimum absolute atomic E-state index is 0. The van der Waals surface area contributed by atoms with Crippen molar-refractivity contribution >= 4 is 29.9 Å². The number of nitrogens with zero attached hydrogens (tertiary/aromatic N) is 1. The summed E-state index contributed by atoms with van der Waals surface area (Å²) in [6.45, 7) is 3.76. The zero-order valence-electron chi connectivity index (χ0n) is 15.2. The van der Waals surface area contributed by atoms with Crippen LogP contribution < -0.4 is 15.4 Å². The van der Waals surface area contributed by atoms with E-state index in [4.69, 9.17) is 4.74 Å². The van der Waals surface area contributed by atoms with Gasteiger partial charge in [-0.2, -0.15) is 0 Å². The monoisotopic (exact) mass is 453 g/mol. The van der Waals surface area contributed by atoms with Crippen molar-refractivity contribution in [3.8, 4) is 5.75 Å². The number of hydrogen-bond donors (Lipinski definition) is 2. The van der Waals surface area contributed by atoms with Gasteiger partial charge in [0, 0.05) is 20.1 Å². The molecule has 0 radical (unpaired) electrons. The van der Waals surface area contributed by atoms with E-state index in [2.05, 4.69) is 52.9 Å². The first kappa shape index (κ1) is 21.3. The number of rotatable bonds is 7. The second kappa shape index (κ2) is 11.7. The number of guanidine groups is 1. The maximum Gasteiger partial charge on any atom is 0.191 e. The van der Waals surface area contributed by atoms with Crippen LogP contribution in [0.4, 0.5) is 0 Å². The third-order valence-electron chi connectivity index (χ3n) is 4.05. The Labute approximate surface area is 168 Å². The molecule has 0 unspecified atom stereocenters. The fourth-order valence-electron chi connectivity index (χ4n) is 2.70. The third-order valence-corrected chi connectivity index (χ3v) is 4.05. The molecule has 0 bridgehead atoms. The number of methoxy groups -OCH3 is 1. The van der Waals surface area contributed by atoms with Crippen molar-refractivity contribution in [2.24, 2.45) is 4.99 Å². The molecule has 2 aromatic carbocycles. The normalized spacial score (nSPS) is 10.8. The zero-order chi connectivity index (χ0) is 17.2. The topological polar surface area (TPSA) is 45.7 Å². The van der Waals surface area contributed by atoms with Gasteiger partial charge in [0.25, 0.3) is 0 Å². The van der Waals surface area contributed by atoms with E-state index < -0.39 is 0 Å². The highest BCUT2D eigenvalue weighted by Crippen LogP contribution is 2.17. The molecule has 0 aliphatic carbocycles. The Balaban J connectivity index is 0.00000312. The summed E-state index contributed by atoms with van der Waals surface area (Å²) in [5.74, 6) is 1.75. The Hall–Kier alpha value is -1.76. The Morgan fingerprint density at radius 3 is 2.24 bits per heavy atom. The molecule has 136 valence electrons. The van der Waals surface area contributed by atoms with Crippen LogP contribution in [0.15, 0.2) is 53.5 Å². The molecule has 0 saturated heterocycles. The molecule has 0 saturated carbocycles. The van der Waals surface area contributed by atoms with Gasteiger partial charge in [-0.3, -0.25) is 4.99 Å². The Bertz CT molecular complexity index is 673. The first-order valence-electron chi connectivity index (χ1n) is 8.41. The number of benzene rings is 2. The van der Waals surface area contributed by atoms with Gasteiger partial charge in [0.15, 0.2) is 5.96 Å². The lowest BCUT2D eigenvalue weighted by atomic mass is 10.1. The van der Waals surface area contributed by atoms with Crippen LogP contribution in [0.25, 0.3) is 0 Å². The number of aryl methyl sites for hydroxylation is 1. The molecule has 2 rings (SSSR count). The summed E-state index contributed by atoms with van der Waals surface area (Å²) < 4.78 is 5.39. The van der Waals surface area contributed by atoms with Crippen LogP contribution in [0.5, 0.6) is 5.75 Å². The zero-order valence-corrected chi connectivity index (χ0v) is 17.5. The standard InChI is InChI=1S/C20H27N3O.HI/c1-4-16-9-5-6-11-18(16)15-23-20(21-2)22-14-13-17-10-7-8-12-19(17)24-3;/h5-12H,4,13-15H2,1-3H3,(H2,21,22,23);1H. The largest absolute Gasteiger partial charge is 0.496 e. The molecule has 2 aromatic rings. The quantitative estimate of drug-likeness (QED) is 0.381. The highest BCUT2D eigenvalue weighted by molar-refractivity contribution is 14.0. The molecule has 2 N–H and O–H groups in total. The smallest absolute Gasteiger partial charge is 0.191 e. The van der Waals surface area contributed by atoms with Crippen molar-refractivity contribution in [2.45, 2.75) is 26.3 Å². The number of nitrogens with one attached hydrogen (secondary N) is 2. The molecule has 0 aliphatic heterocycles. The molecule has 0 aliphatic rings. The van der Waals surface area contributed by atoms with Crippen LogP contribution in [0.2, 0.25) is 0 Å². The van der Waals surface area contributed by atoms with Crippen LogP contribution in [0.1, 0.15) is 23.6 Å². The molecule has 0 spiro atoms. The number of halogens is 1. The van der Waals surface area contributed by atoms with E-state index in [1.165, 1.54) is 16.7 Å². The summed E-state index contributed by atoms with van der Waals surface area (Å²) in [6.07, 6.45) is 1.92. The Kier molecular flexibility index (Phi) is 9.99. The molecular weight excluding hydrogens is 425 g/mol.